The Bertz CT molecular complexity index is 566. The van der Waals surface area contributed by atoms with Crippen molar-refractivity contribution in [2.75, 3.05) is 39.4 Å². The summed E-state index contributed by atoms with van der Waals surface area (Å²) in [6.07, 6.45) is 5.10. The number of aromatic nitrogens is 2. The Labute approximate surface area is 142 Å². The molecule has 7 heteroatoms. The largest absolute Gasteiger partial charge is 0.381 e. The number of hydrogen-bond donors (Lipinski definition) is 0. The van der Waals surface area contributed by atoms with E-state index >= 15 is 0 Å². The summed E-state index contributed by atoms with van der Waals surface area (Å²) in [5.41, 5.74) is 0. The first-order chi connectivity index (χ1) is 11.8. The number of ether oxygens (including phenoxy) is 1. The minimum atomic E-state index is 0.155. The number of carbonyl (C=O) groups is 1. The molecular weight excluding hydrogens is 308 g/mol. The molecule has 2 saturated heterocycles. The maximum Gasteiger partial charge on any atom is 0.240 e. The highest BCUT2D eigenvalue weighted by molar-refractivity contribution is 5.79. The second-order valence-electron chi connectivity index (χ2n) is 7.16. The van der Waals surface area contributed by atoms with Gasteiger partial charge in [-0.1, -0.05) is 5.16 Å². The molecule has 4 rings (SSSR count). The summed E-state index contributed by atoms with van der Waals surface area (Å²) < 4.78 is 10.7. The van der Waals surface area contributed by atoms with Crippen molar-refractivity contribution in [3.8, 4) is 0 Å². The quantitative estimate of drug-likeness (QED) is 0.829. The minimum absolute atomic E-state index is 0.155. The molecule has 132 valence electrons. The van der Waals surface area contributed by atoms with Gasteiger partial charge in [-0.25, -0.2) is 0 Å². The first-order valence-corrected chi connectivity index (χ1v) is 9.21. The van der Waals surface area contributed by atoms with E-state index in [0.717, 1.165) is 64.5 Å². The van der Waals surface area contributed by atoms with Crippen molar-refractivity contribution in [1.82, 2.24) is 19.9 Å². The maximum absolute atomic E-state index is 12.7. The van der Waals surface area contributed by atoms with E-state index in [2.05, 4.69) is 15.0 Å². The Balaban J connectivity index is 1.29. The highest BCUT2D eigenvalue weighted by Crippen LogP contribution is 2.38. The SMILES string of the molecule is O=C(C1CCOCC1)N1CCCN(Cc2nc(C3CC3)no2)CC1. The fourth-order valence-corrected chi connectivity index (χ4v) is 3.58. The van der Waals surface area contributed by atoms with Crippen molar-refractivity contribution in [3.63, 3.8) is 0 Å². The molecule has 2 aliphatic heterocycles. The van der Waals surface area contributed by atoms with Gasteiger partial charge in [0.15, 0.2) is 5.82 Å². The van der Waals surface area contributed by atoms with Crippen LogP contribution in [0.15, 0.2) is 4.52 Å². The fraction of sp³-hybridized carbons (Fsp3) is 0.824. The molecule has 1 aromatic rings. The van der Waals surface area contributed by atoms with Gasteiger partial charge < -0.3 is 14.2 Å². The van der Waals surface area contributed by atoms with E-state index in [4.69, 9.17) is 9.26 Å². The van der Waals surface area contributed by atoms with Crippen LogP contribution in [0.3, 0.4) is 0 Å². The fourth-order valence-electron chi connectivity index (χ4n) is 3.58. The lowest BCUT2D eigenvalue weighted by Crippen LogP contribution is -2.40. The molecule has 3 aliphatic rings. The Hall–Kier alpha value is -1.47. The Morgan fingerprint density at radius 3 is 2.71 bits per heavy atom. The first-order valence-electron chi connectivity index (χ1n) is 9.21. The summed E-state index contributed by atoms with van der Waals surface area (Å²) in [5.74, 6) is 2.58. The van der Waals surface area contributed by atoms with Crippen LogP contribution in [-0.4, -0.2) is 65.2 Å². The van der Waals surface area contributed by atoms with Crippen LogP contribution in [0.5, 0.6) is 0 Å². The number of hydrogen-bond acceptors (Lipinski definition) is 6. The molecule has 0 aromatic carbocycles. The molecule has 24 heavy (non-hydrogen) atoms. The maximum atomic E-state index is 12.7. The lowest BCUT2D eigenvalue weighted by molar-refractivity contribution is -0.138. The average molecular weight is 334 g/mol. The van der Waals surface area contributed by atoms with Crippen LogP contribution in [0.25, 0.3) is 0 Å². The first kappa shape index (κ1) is 16.0. The molecule has 1 aliphatic carbocycles. The second-order valence-corrected chi connectivity index (χ2v) is 7.16. The molecule has 1 amide bonds. The van der Waals surface area contributed by atoms with E-state index < -0.39 is 0 Å². The van der Waals surface area contributed by atoms with Gasteiger partial charge in [0.1, 0.15) is 0 Å². The van der Waals surface area contributed by atoms with E-state index in [0.29, 0.717) is 24.3 Å². The van der Waals surface area contributed by atoms with Crippen molar-refractivity contribution in [1.29, 1.82) is 0 Å². The predicted molar refractivity (Wildman–Crippen MR) is 86.3 cm³/mol. The van der Waals surface area contributed by atoms with Gasteiger partial charge >= 0.3 is 0 Å². The Morgan fingerprint density at radius 1 is 1.08 bits per heavy atom. The van der Waals surface area contributed by atoms with Gasteiger partial charge in [-0.05, 0) is 32.1 Å². The van der Waals surface area contributed by atoms with E-state index in [1.165, 1.54) is 12.8 Å². The van der Waals surface area contributed by atoms with Gasteiger partial charge in [0.25, 0.3) is 0 Å². The summed E-state index contributed by atoms with van der Waals surface area (Å²) in [5, 5.41) is 4.08. The lowest BCUT2D eigenvalue weighted by atomic mass is 9.98. The number of amides is 1. The van der Waals surface area contributed by atoms with Crippen molar-refractivity contribution >= 4 is 5.91 Å². The predicted octanol–water partition coefficient (Wildman–Crippen LogP) is 1.41. The second kappa shape index (κ2) is 7.19. The van der Waals surface area contributed by atoms with E-state index in [1.54, 1.807) is 0 Å². The van der Waals surface area contributed by atoms with Gasteiger partial charge in [-0.15, -0.1) is 0 Å². The minimum Gasteiger partial charge on any atom is -0.381 e. The molecule has 0 spiro atoms. The van der Waals surface area contributed by atoms with Crippen molar-refractivity contribution in [2.45, 2.75) is 44.6 Å². The molecule has 0 radical (unpaired) electrons. The number of carbonyl (C=O) groups excluding carboxylic acids is 1. The Kier molecular flexibility index (Phi) is 4.80. The average Bonchev–Trinajstić information content (AvgIpc) is 3.40. The normalized spacial score (nSPS) is 24.1. The zero-order chi connectivity index (χ0) is 16.4. The molecule has 1 saturated carbocycles. The molecule has 1 aromatic heterocycles. The molecule has 0 unspecified atom stereocenters. The van der Waals surface area contributed by atoms with Crippen LogP contribution in [0, 0.1) is 5.92 Å². The highest BCUT2D eigenvalue weighted by atomic mass is 16.5. The zero-order valence-corrected chi connectivity index (χ0v) is 14.2. The summed E-state index contributed by atoms with van der Waals surface area (Å²) in [6, 6.07) is 0. The Morgan fingerprint density at radius 2 is 1.92 bits per heavy atom. The van der Waals surface area contributed by atoms with Gasteiger partial charge in [0.05, 0.1) is 6.54 Å². The van der Waals surface area contributed by atoms with Crippen LogP contribution in [-0.2, 0) is 16.1 Å². The van der Waals surface area contributed by atoms with Crippen LogP contribution in [0.4, 0.5) is 0 Å². The van der Waals surface area contributed by atoms with Crippen molar-refractivity contribution < 1.29 is 14.1 Å². The number of rotatable bonds is 4. The van der Waals surface area contributed by atoms with Gasteiger partial charge in [0.2, 0.25) is 11.8 Å². The van der Waals surface area contributed by atoms with Crippen LogP contribution >= 0.6 is 0 Å². The van der Waals surface area contributed by atoms with E-state index in [-0.39, 0.29) is 5.92 Å². The van der Waals surface area contributed by atoms with Gasteiger partial charge in [-0.2, -0.15) is 4.98 Å². The molecule has 3 fully saturated rings. The van der Waals surface area contributed by atoms with Gasteiger partial charge in [0, 0.05) is 51.2 Å². The third-order valence-corrected chi connectivity index (χ3v) is 5.26. The van der Waals surface area contributed by atoms with Gasteiger partial charge in [-0.3, -0.25) is 9.69 Å². The smallest absolute Gasteiger partial charge is 0.240 e. The van der Waals surface area contributed by atoms with Crippen LogP contribution in [0.1, 0.15) is 49.7 Å². The molecule has 0 bridgehead atoms. The van der Waals surface area contributed by atoms with Crippen molar-refractivity contribution in [2.24, 2.45) is 5.92 Å². The summed E-state index contributed by atoms with van der Waals surface area (Å²) in [7, 11) is 0. The highest BCUT2D eigenvalue weighted by Gasteiger charge is 2.30. The molecular formula is C17H26N4O3. The summed E-state index contributed by atoms with van der Waals surface area (Å²) in [4.78, 5) is 21.5. The summed E-state index contributed by atoms with van der Waals surface area (Å²) >= 11 is 0. The third kappa shape index (κ3) is 3.78. The zero-order valence-electron chi connectivity index (χ0n) is 14.2. The molecule has 0 atom stereocenters. The topological polar surface area (TPSA) is 71.7 Å². The van der Waals surface area contributed by atoms with Crippen LogP contribution in [0.2, 0.25) is 0 Å². The van der Waals surface area contributed by atoms with Crippen LogP contribution < -0.4 is 0 Å². The standard InChI is InChI=1S/C17H26N4O3/c22-17(14-4-10-23-11-5-14)21-7-1-6-20(8-9-21)12-15-18-16(19-24-15)13-2-3-13/h13-14H,1-12H2. The van der Waals surface area contributed by atoms with E-state index in [9.17, 15) is 4.79 Å². The third-order valence-electron chi connectivity index (χ3n) is 5.26. The number of nitrogens with zero attached hydrogens (tertiary/aromatic N) is 4. The van der Waals surface area contributed by atoms with E-state index in [1.807, 2.05) is 4.90 Å². The summed E-state index contributed by atoms with van der Waals surface area (Å²) in [6.45, 7) is 5.62. The van der Waals surface area contributed by atoms with Crippen molar-refractivity contribution in [3.05, 3.63) is 11.7 Å². The molecule has 3 heterocycles. The molecule has 0 N–H and O–H groups in total. The monoisotopic (exact) mass is 334 g/mol. The lowest BCUT2D eigenvalue weighted by Gasteiger charge is -2.28. The molecule has 7 nitrogen and oxygen atoms in total.